The van der Waals surface area contributed by atoms with Gasteiger partial charge in [0.1, 0.15) is 0 Å². The van der Waals surface area contributed by atoms with Gasteiger partial charge in [-0.05, 0) is 19.4 Å². The number of hydrogen-bond donors (Lipinski definition) is 2. The highest BCUT2D eigenvalue weighted by atomic mass is 16.5. The maximum absolute atomic E-state index is 8.85. The Labute approximate surface area is 74.4 Å². The molecule has 0 bridgehead atoms. The molecular formula is C9H19NO2. The lowest BCUT2D eigenvalue weighted by Gasteiger charge is -2.14. The predicted octanol–water partition coefficient (Wildman–Crippen LogP) is 0.549. The van der Waals surface area contributed by atoms with Crippen LogP contribution in [0.1, 0.15) is 12.8 Å². The zero-order chi connectivity index (χ0) is 9.23. The number of methoxy groups -OCH3 is 1. The van der Waals surface area contributed by atoms with E-state index in [1.165, 1.54) is 0 Å². The average Bonchev–Trinajstić information content (AvgIpc) is 2.10. The van der Waals surface area contributed by atoms with Crippen LogP contribution in [0.2, 0.25) is 0 Å². The molecule has 3 nitrogen and oxygen atoms in total. The van der Waals surface area contributed by atoms with Crippen LogP contribution in [0.15, 0.2) is 12.7 Å². The Morgan fingerprint density at radius 3 is 2.92 bits per heavy atom. The second-order valence-electron chi connectivity index (χ2n) is 2.72. The molecule has 0 saturated heterocycles. The predicted molar refractivity (Wildman–Crippen MR) is 50.2 cm³/mol. The van der Waals surface area contributed by atoms with Crippen molar-refractivity contribution in [3.63, 3.8) is 0 Å². The Kier molecular flexibility index (Phi) is 8.44. The summed E-state index contributed by atoms with van der Waals surface area (Å²) in [5.74, 6) is 0. The van der Waals surface area contributed by atoms with E-state index in [-0.39, 0.29) is 12.6 Å². The van der Waals surface area contributed by atoms with Crippen LogP contribution in [-0.2, 0) is 4.74 Å². The van der Waals surface area contributed by atoms with Crippen LogP contribution in [0, 0.1) is 0 Å². The van der Waals surface area contributed by atoms with E-state index < -0.39 is 0 Å². The summed E-state index contributed by atoms with van der Waals surface area (Å²) in [6, 6.07) is 0.0693. The fourth-order valence-electron chi connectivity index (χ4n) is 0.930. The second kappa shape index (κ2) is 8.71. The third-order valence-electron chi connectivity index (χ3n) is 1.61. The molecule has 0 aromatic heterocycles. The fourth-order valence-corrected chi connectivity index (χ4v) is 0.930. The lowest BCUT2D eigenvalue weighted by Crippen LogP contribution is -2.36. The number of ether oxygens (including phenoxy) is 1. The van der Waals surface area contributed by atoms with E-state index in [1.54, 1.807) is 7.11 Å². The van der Waals surface area contributed by atoms with Crippen LogP contribution in [0.4, 0.5) is 0 Å². The molecule has 0 rings (SSSR count). The van der Waals surface area contributed by atoms with Gasteiger partial charge in [-0.25, -0.2) is 0 Å². The Hall–Kier alpha value is -0.380. The van der Waals surface area contributed by atoms with Gasteiger partial charge in [-0.1, -0.05) is 6.08 Å². The lowest BCUT2D eigenvalue weighted by atomic mass is 10.2. The molecule has 0 aromatic carbocycles. The third-order valence-corrected chi connectivity index (χ3v) is 1.61. The maximum Gasteiger partial charge on any atom is 0.0638 e. The molecule has 0 aliphatic carbocycles. The Bertz CT molecular complexity index is 107. The molecule has 3 heteroatoms. The summed E-state index contributed by atoms with van der Waals surface area (Å²) in [4.78, 5) is 0. The summed E-state index contributed by atoms with van der Waals surface area (Å²) >= 11 is 0. The second-order valence-corrected chi connectivity index (χ2v) is 2.72. The smallest absolute Gasteiger partial charge is 0.0638 e. The quantitative estimate of drug-likeness (QED) is 0.416. The summed E-state index contributed by atoms with van der Waals surface area (Å²) in [6.45, 7) is 5.22. The minimum Gasteiger partial charge on any atom is -0.395 e. The van der Waals surface area contributed by atoms with Gasteiger partial charge in [0.25, 0.3) is 0 Å². The molecule has 0 spiro atoms. The molecule has 0 aliphatic heterocycles. The van der Waals surface area contributed by atoms with Gasteiger partial charge in [0.15, 0.2) is 0 Å². The highest BCUT2D eigenvalue weighted by molar-refractivity contribution is 4.69. The molecule has 12 heavy (non-hydrogen) atoms. The van der Waals surface area contributed by atoms with Gasteiger partial charge in [0.05, 0.1) is 19.3 Å². The highest BCUT2D eigenvalue weighted by Gasteiger charge is 2.03. The fraction of sp³-hybridized carbons (Fsp3) is 0.778. The minimum absolute atomic E-state index is 0.0693. The number of nitrogens with one attached hydrogen (secondary N) is 1. The van der Waals surface area contributed by atoms with Gasteiger partial charge in [0, 0.05) is 7.11 Å². The van der Waals surface area contributed by atoms with Gasteiger partial charge >= 0.3 is 0 Å². The van der Waals surface area contributed by atoms with E-state index in [0.29, 0.717) is 6.61 Å². The van der Waals surface area contributed by atoms with Crippen molar-refractivity contribution in [2.75, 3.05) is 26.9 Å². The molecule has 0 fully saturated rings. The van der Waals surface area contributed by atoms with E-state index in [4.69, 9.17) is 9.84 Å². The van der Waals surface area contributed by atoms with Gasteiger partial charge < -0.3 is 15.2 Å². The first-order valence-electron chi connectivity index (χ1n) is 4.29. The average molecular weight is 173 g/mol. The van der Waals surface area contributed by atoms with Crippen molar-refractivity contribution < 1.29 is 9.84 Å². The van der Waals surface area contributed by atoms with E-state index in [9.17, 15) is 0 Å². The molecular weight excluding hydrogens is 154 g/mol. The van der Waals surface area contributed by atoms with Crippen LogP contribution in [-0.4, -0.2) is 38.0 Å². The molecule has 0 heterocycles. The Morgan fingerprint density at radius 2 is 2.42 bits per heavy atom. The first-order valence-corrected chi connectivity index (χ1v) is 4.29. The summed E-state index contributed by atoms with van der Waals surface area (Å²) in [5.41, 5.74) is 0. The number of allylic oxidation sites excluding steroid dienone is 1. The summed E-state index contributed by atoms with van der Waals surface area (Å²) < 4.78 is 4.91. The molecule has 0 aromatic rings. The number of unbranched alkanes of at least 4 members (excludes halogenated alkanes) is 1. The van der Waals surface area contributed by atoms with Gasteiger partial charge in [-0.3, -0.25) is 0 Å². The van der Waals surface area contributed by atoms with Gasteiger partial charge in [0.2, 0.25) is 0 Å². The van der Waals surface area contributed by atoms with E-state index in [0.717, 1.165) is 19.4 Å². The molecule has 0 radical (unpaired) electrons. The lowest BCUT2D eigenvalue weighted by molar-refractivity contribution is 0.129. The van der Waals surface area contributed by atoms with E-state index in [1.807, 2.05) is 6.08 Å². The van der Waals surface area contributed by atoms with Crippen LogP contribution < -0.4 is 5.32 Å². The highest BCUT2D eigenvalue weighted by Crippen LogP contribution is 1.89. The molecule has 0 aliphatic rings. The van der Waals surface area contributed by atoms with Crippen LogP contribution in [0.5, 0.6) is 0 Å². The maximum atomic E-state index is 8.85. The van der Waals surface area contributed by atoms with Crippen molar-refractivity contribution in [2.24, 2.45) is 0 Å². The van der Waals surface area contributed by atoms with Crippen molar-refractivity contribution in [2.45, 2.75) is 18.9 Å². The topological polar surface area (TPSA) is 41.5 Å². The zero-order valence-electron chi connectivity index (χ0n) is 7.75. The number of rotatable bonds is 8. The van der Waals surface area contributed by atoms with Crippen LogP contribution >= 0.6 is 0 Å². The summed E-state index contributed by atoms with van der Waals surface area (Å²) in [6.07, 6.45) is 3.97. The Balaban J connectivity index is 3.24. The SMILES string of the molecule is C=CCCCNC(CO)COC. The molecule has 72 valence electrons. The number of aliphatic hydroxyl groups excluding tert-OH is 1. The normalized spacial score (nSPS) is 12.8. The molecule has 0 saturated carbocycles. The minimum atomic E-state index is 0.0693. The van der Waals surface area contributed by atoms with E-state index >= 15 is 0 Å². The summed E-state index contributed by atoms with van der Waals surface area (Å²) in [5, 5.41) is 12.0. The first kappa shape index (κ1) is 11.6. The Morgan fingerprint density at radius 1 is 1.67 bits per heavy atom. The molecule has 2 N–H and O–H groups in total. The number of hydrogen-bond acceptors (Lipinski definition) is 3. The third kappa shape index (κ3) is 6.34. The zero-order valence-corrected chi connectivity index (χ0v) is 7.75. The van der Waals surface area contributed by atoms with Crippen LogP contribution in [0.25, 0.3) is 0 Å². The van der Waals surface area contributed by atoms with E-state index in [2.05, 4.69) is 11.9 Å². The monoisotopic (exact) mass is 173 g/mol. The standard InChI is InChI=1S/C9H19NO2/c1-3-4-5-6-10-9(7-11)8-12-2/h3,9-11H,1,4-8H2,2H3. The molecule has 1 unspecified atom stereocenters. The van der Waals surface area contributed by atoms with Crippen molar-refractivity contribution >= 4 is 0 Å². The van der Waals surface area contributed by atoms with Crippen molar-refractivity contribution in [1.29, 1.82) is 0 Å². The van der Waals surface area contributed by atoms with Crippen molar-refractivity contribution in [3.8, 4) is 0 Å². The van der Waals surface area contributed by atoms with Crippen LogP contribution in [0.3, 0.4) is 0 Å². The van der Waals surface area contributed by atoms with Gasteiger partial charge in [-0.2, -0.15) is 0 Å². The largest absolute Gasteiger partial charge is 0.395 e. The van der Waals surface area contributed by atoms with Gasteiger partial charge in [-0.15, -0.1) is 6.58 Å². The molecule has 1 atom stereocenters. The molecule has 0 amide bonds. The van der Waals surface area contributed by atoms with Crippen molar-refractivity contribution in [3.05, 3.63) is 12.7 Å². The first-order chi connectivity index (χ1) is 5.85. The number of aliphatic hydroxyl groups is 1. The van der Waals surface area contributed by atoms with Crippen molar-refractivity contribution in [1.82, 2.24) is 5.32 Å². The summed E-state index contributed by atoms with van der Waals surface area (Å²) in [7, 11) is 1.63.